The van der Waals surface area contributed by atoms with Crippen LogP contribution in [0.25, 0.3) is 27.9 Å². The Labute approximate surface area is 218 Å². The molecule has 2 aliphatic rings. The molecule has 0 aliphatic carbocycles. The van der Waals surface area contributed by atoms with E-state index in [0.717, 1.165) is 50.2 Å². The molecule has 3 aromatic carbocycles. The number of hydrogen-bond donors (Lipinski definition) is 1. The third-order valence-corrected chi connectivity index (χ3v) is 7.18. The van der Waals surface area contributed by atoms with Gasteiger partial charge in [0.15, 0.2) is 0 Å². The Hall–Kier alpha value is -4.07. The Morgan fingerprint density at radius 3 is 2.66 bits per heavy atom. The van der Waals surface area contributed by atoms with Crippen LogP contribution in [-0.2, 0) is 6.54 Å². The minimum Gasteiger partial charge on any atom is -0.491 e. The van der Waals surface area contributed by atoms with E-state index < -0.39 is 17.8 Å². The molecule has 1 atom stereocenters. The number of allylic oxidation sites excluding steroid dienone is 1. The van der Waals surface area contributed by atoms with Gasteiger partial charge in [0.25, 0.3) is 0 Å². The van der Waals surface area contributed by atoms with E-state index >= 15 is 0 Å². The molecule has 2 aliphatic heterocycles. The predicted octanol–water partition coefficient (Wildman–Crippen LogP) is 5.65. The number of para-hydroxylation sites is 1. The minimum absolute atomic E-state index is 0.337. The molecule has 8 heteroatoms. The average molecular weight is 517 g/mol. The third-order valence-electron chi connectivity index (χ3n) is 7.18. The zero-order chi connectivity index (χ0) is 26.4. The van der Waals surface area contributed by atoms with Crippen LogP contribution in [0.15, 0.2) is 77.4 Å². The summed E-state index contributed by atoms with van der Waals surface area (Å²) < 4.78 is 47.7. The van der Waals surface area contributed by atoms with Crippen LogP contribution in [0.4, 0.5) is 13.2 Å². The molecule has 1 unspecified atom stereocenters. The van der Waals surface area contributed by atoms with E-state index in [4.69, 9.17) is 4.74 Å². The Bertz CT molecular complexity index is 1690. The van der Waals surface area contributed by atoms with Crippen LogP contribution < -0.4 is 15.3 Å². The zero-order valence-electron chi connectivity index (χ0n) is 21.1. The van der Waals surface area contributed by atoms with Gasteiger partial charge in [0.1, 0.15) is 23.9 Å². The molecule has 38 heavy (non-hydrogen) atoms. The van der Waals surface area contributed by atoms with Crippen molar-refractivity contribution in [1.29, 1.82) is 0 Å². The number of H-pyrrole nitrogens is 1. The number of aromatic amines is 1. The molecule has 6 rings (SSSR count). The summed E-state index contributed by atoms with van der Waals surface area (Å²) in [6, 6.07) is 19.4. The second-order valence-corrected chi connectivity index (χ2v) is 9.73. The average Bonchev–Trinajstić information content (AvgIpc) is 3.04. The van der Waals surface area contributed by atoms with Crippen molar-refractivity contribution < 1.29 is 17.9 Å². The molecular weight excluding hydrogens is 489 g/mol. The molecule has 4 aromatic rings. The van der Waals surface area contributed by atoms with E-state index in [1.807, 2.05) is 50.2 Å². The van der Waals surface area contributed by atoms with Crippen molar-refractivity contribution in [3.63, 3.8) is 0 Å². The maximum Gasteiger partial charge on any atom is 0.433 e. The summed E-state index contributed by atoms with van der Waals surface area (Å²) in [5.74, 6) is 1.22. The van der Waals surface area contributed by atoms with Gasteiger partial charge in [-0.2, -0.15) is 13.2 Å². The lowest BCUT2D eigenvalue weighted by Gasteiger charge is -2.30. The molecule has 0 bridgehead atoms. The maximum atomic E-state index is 13.9. The van der Waals surface area contributed by atoms with Crippen molar-refractivity contribution in [1.82, 2.24) is 14.9 Å². The smallest absolute Gasteiger partial charge is 0.433 e. The first-order valence-electron chi connectivity index (χ1n) is 12.7. The van der Waals surface area contributed by atoms with Crippen LogP contribution >= 0.6 is 0 Å². The van der Waals surface area contributed by atoms with Crippen molar-refractivity contribution in [3.05, 3.63) is 94.4 Å². The van der Waals surface area contributed by atoms with Gasteiger partial charge in [-0.15, -0.1) is 0 Å². The second kappa shape index (κ2) is 9.35. The summed E-state index contributed by atoms with van der Waals surface area (Å²) in [5.41, 5.74) is 4.97. The molecule has 0 saturated carbocycles. The highest BCUT2D eigenvalue weighted by molar-refractivity contribution is 5.82. The van der Waals surface area contributed by atoms with E-state index in [9.17, 15) is 13.2 Å². The Balaban J connectivity index is 1.44. The zero-order valence-corrected chi connectivity index (χ0v) is 21.1. The van der Waals surface area contributed by atoms with E-state index in [1.54, 1.807) is 12.1 Å². The van der Waals surface area contributed by atoms with Crippen LogP contribution in [0.1, 0.15) is 24.7 Å². The van der Waals surface area contributed by atoms with Gasteiger partial charge in [-0.05, 0) is 60.9 Å². The largest absolute Gasteiger partial charge is 0.491 e. The van der Waals surface area contributed by atoms with Gasteiger partial charge >= 0.3 is 6.18 Å². The maximum absolute atomic E-state index is 13.9. The number of nitrogens with one attached hydrogen (secondary N) is 1. The molecule has 194 valence electrons. The summed E-state index contributed by atoms with van der Waals surface area (Å²) in [6.07, 6.45) is -2.72. The number of imidazole rings is 1. The van der Waals surface area contributed by atoms with E-state index in [2.05, 4.69) is 32.0 Å². The number of benzene rings is 3. The van der Waals surface area contributed by atoms with Crippen LogP contribution in [0.5, 0.6) is 5.75 Å². The summed E-state index contributed by atoms with van der Waals surface area (Å²) in [7, 11) is 0. The highest BCUT2D eigenvalue weighted by atomic mass is 19.4. The summed E-state index contributed by atoms with van der Waals surface area (Å²) in [5, 5.41) is 1.07. The van der Waals surface area contributed by atoms with Gasteiger partial charge in [-0.3, -0.25) is 0 Å². The second-order valence-electron chi connectivity index (χ2n) is 9.73. The highest BCUT2D eigenvalue weighted by Gasteiger charge is 2.36. The molecule has 3 heterocycles. The molecule has 5 nitrogen and oxygen atoms in total. The molecular formula is C30H27F3N4O. The lowest BCUT2D eigenvalue weighted by atomic mass is 9.96. The number of ether oxygens (including phenoxy) is 1. The predicted molar refractivity (Wildman–Crippen MR) is 141 cm³/mol. The van der Waals surface area contributed by atoms with E-state index in [-0.39, 0.29) is 0 Å². The number of fused-ring (bicyclic) bond motifs is 3. The van der Waals surface area contributed by atoms with Crippen molar-refractivity contribution in [2.24, 2.45) is 10.9 Å². The molecule has 0 fully saturated rings. The molecule has 1 aromatic heterocycles. The molecule has 1 N–H and O–H groups in total. The first kappa shape index (κ1) is 24.3. The number of rotatable bonds is 3. The monoisotopic (exact) mass is 516 g/mol. The van der Waals surface area contributed by atoms with Crippen LogP contribution in [0.3, 0.4) is 0 Å². The normalized spacial score (nSPS) is 17.6. The number of aryl methyl sites for hydroxylation is 1. The SMILES string of the molecule is CCC1C=C(C(F)(F)F)N=c2ccccc2=C1N1CCOc2ccc(-c3ccc4nc(C)[nH]c4c3)cc2C1. The van der Waals surface area contributed by atoms with Gasteiger partial charge in [0.05, 0.1) is 22.9 Å². The van der Waals surface area contributed by atoms with E-state index in [0.29, 0.717) is 31.5 Å². The van der Waals surface area contributed by atoms with Gasteiger partial charge in [0.2, 0.25) is 0 Å². The highest BCUT2D eigenvalue weighted by Crippen LogP contribution is 2.35. The van der Waals surface area contributed by atoms with Crippen LogP contribution in [-0.4, -0.2) is 34.2 Å². The fraction of sp³-hybridized carbons (Fsp3) is 0.267. The summed E-state index contributed by atoms with van der Waals surface area (Å²) in [4.78, 5) is 14.0. The van der Waals surface area contributed by atoms with Crippen molar-refractivity contribution in [2.75, 3.05) is 13.2 Å². The van der Waals surface area contributed by atoms with Crippen molar-refractivity contribution in [2.45, 2.75) is 33.0 Å². The van der Waals surface area contributed by atoms with Gasteiger partial charge < -0.3 is 14.6 Å². The van der Waals surface area contributed by atoms with Crippen molar-refractivity contribution >= 4 is 16.7 Å². The molecule has 0 spiro atoms. The quantitative estimate of drug-likeness (QED) is 0.383. The number of halogens is 3. The van der Waals surface area contributed by atoms with Gasteiger partial charge in [-0.1, -0.05) is 37.3 Å². The Morgan fingerprint density at radius 2 is 1.84 bits per heavy atom. The summed E-state index contributed by atoms with van der Waals surface area (Å²) in [6.45, 7) is 5.35. The fourth-order valence-electron chi connectivity index (χ4n) is 5.39. The third kappa shape index (κ3) is 4.44. The molecule has 0 amide bonds. The minimum atomic E-state index is -4.52. The summed E-state index contributed by atoms with van der Waals surface area (Å²) >= 11 is 0. The molecule has 0 radical (unpaired) electrons. The first-order valence-corrected chi connectivity index (χ1v) is 12.7. The first-order chi connectivity index (χ1) is 18.3. The number of nitrogens with zero attached hydrogens (tertiary/aromatic N) is 3. The Morgan fingerprint density at radius 1 is 1.05 bits per heavy atom. The standard InChI is InChI=1S/C30H27F3N4O/c1-3-19-16-28(30(31,32)33)36-24-7-5-4-6-23(24)29(19)37-12-13-38-27-11-9-20(14-22(27)17-37)21-8-10-25-26(15-21)35-18(2)34-25/h4-11,14-16,19H,3,12-13,17H2,1-2H3,(H,34,35). The Kier molecular flexibility index (Phi) is 5.97. The topological polar surface area (TPSA) is 53.5 Å². The van der Waals surface area contributed by atoms with Gasteiger partial charge in [-0.25, -0.2) is 9.98 Å². The fourth-order valence-corrected chi connectivity index (χ4v) is 5.39. The van der Waals surface area contributed by atoms with Crippen LogP contribution in [0, 0.1) is 12.8 Å². The lowest BCUT2D eigenvalue weighted by Crippen LogP contribution is -2.37. The number of hydrogen-bond acceptors (Lipinski definition) is 4. The van der Waals surface area contributed by atoms with Crippen LogP contribution in [0.2, 0.25) is 0 Å². The number of aromatic nitrogens is 2. The van der Waals surface area contributed by atoms with E-state index in [1.165, 1.54) is 6.08 Å². The number of alkyl halides is 3. The van der Waals surface area contributed by atoms with Crippen molar-refractivity contribution in [3.8, 4) is 16.9 Å². The molecule has 0 saturated heterocycles. The lowest BCUT2D eigenvalue weighted by molar-refractivity contribution is -0.0930. The van der Waals surface area contributed by atoms with Gasteiger partial charge in [0, 0.05) is 28.9 Å².